The Balaban J connectivity index is 1.60. The van der Waals surface area contributed by atoms with Gasteiger partial charge in [0.1, 0.15) is 6.61 Å². The molecule has 0 heterocycles. The molecule has 0 bridgehead atoms. The van der Waals surface area contributed by atoms with E-state index in [1.807, 2.05) is 50.2 Å². The third-order valence-electron chi connectivity index (χ3n) is 4.42. The Bertz CT molecular complexity index is 1100. The largest absolute Gasteiger partial charge is 0.490 e. The van der Waals surface area contributed by atoms with Crippen molar-refractivity contribution in [3.05, 3.63) is 87.4 Å². The third-order valence-corrected chi connectivity index (χ3v) is 5.97. The molecule has 8 heteroatoms. The average molecular weight is 503 g/mol. The van der Waals surface area contributed by atoms with Gasteiger partial charge in [-0.3, -0.25) is 4.79 Å². The van der Waals surface area contributed by atoms with Gasteiger partial charge in [-0.2, -0.15) is 5.10 Å². The standard InChI is InChI=1S/C25H24Cl2N2O3S/c1-3-31-23-13-19(12-22(27)25(23)32-15-18-6-4-17(2)5-7-18)14-28-29-24(30)16-33-21-10-8-20(26)9-11-21/h4-14H,3,15-16H2,1-2H3,(H,29,30)/b28-14-. The maximum Gasteiger partial charge on any atom is 0.250 e. The SMILES string of the molecule is CCOc1cc(/C=N\NC(=O)CSc2ccc(Cl)cc2)cc(Cl)c1OCc1ccc(C)cc1. The lowest BCUT2D eigenvalue weighted by Crippen LogP contribution is -2.19. The van der Waals surface area contributed by atoms with Crippen molar-refractivity contribution in [2.45, 2.75) is 25.3 Å². The zero-order valence-electron chi connectivity index (χ0n) is 18.3. The zero-order chi connectivity index (χ0) is 23.6. The summed E-state index contributed by atoms with van der Waals surface area (Å²) < 4.78 is 11.7. The van der Waals surface area contributed by atoms with Crippen LogP contribution in [0.2, 0.25) is 10.0 Å². The van der Waals surface area contributed by atoms with Crippen LogP contribution in [-0.4, -0.2) is 24.5 Å². The second-order valence-electron chi connectivity index (χ2n) is 7.07. The highest BCUT2D eigenvalue weighted by Gasteiger charge is 2.13. The van der Waals surface area contributed by atoms with Gasteiger partial charge in [0.05, 0.1) is 23.6 Å². The Kier molecular flexibility index (Phi) is 9.48. The van der Waals surface area contributed by atoms with Crippen LogP contribution in [0.1, 0.15) is 23.6 Å². The molecule has 1 N–H and O–H groups in total. The molecule has 0 spiro atoms. The predicted molar refractivity (Wildman–Crippen MR) is 136 cm³/mol. The Labute approximate surface area is 208 Å². The summed E-state index contributed by atoms with van der Waals surface area (Å²) in [7, 11) is 0. The number of hydrogen-bond donors (Lipinski definition) is 1. The summed E-state index contributed by atoms with van der Waals surface area (Å²) in [4.78, 5) is 13.0. The minimum absolute atomic E-state index is 0.222. The van der Waals surface area contributed by atoms with Crippen LogP contribution in [0, 0.1) is 6.92 Å². The van der Waals surface area contributed by atoms with Crippen LogP contribution in [0.15, 0.2) is 70.7 Å². The number of nitrogens with one attached hydrogen (secondary N) is 1. The normalized spacial score (nSPS) is 10.9. The van der Waals surface area contributed by atoms with Gasteiger partial charge in [-0.05, 0) is 61.4 Å². The number of ether oxygens (including phenoxy) is 2. The van der Waals surface area contributed by atoms with Crippen LogP contribution >= 0.6 is 35.0 Å². The lowest BCUT2D eigenvalue weighted by atomic mass is 10.1. The number of nitrogens with zero attached hydrogens (tertiary/aromatic N) is 1. The van der Waals surface area contributed by atoms with E-state index in [1.54, 1.807) is 24.3 Å². The summed E-state index contributed by atoms with van der Waals surface area (Å²) in [5, 5.41) is 5.09. The molecule has 3 aromatic rings. The van der Waals surface area contributed by atoms with Crippen LogP contribution in [0.4, 0.5) is 0 Å². The molecule has 1 amide bonds. The van der Waals surface area contributed by atoms with E-state index >= 15 is 0 Å². The molecular formula is C25H24Cl2N2O3S. The number of halogens is 2. The first-order valence-electron chi connectivity index (χ1n) is 10.3. The topological polar surface area (TPSA) is 59.9 Å². The Hall–Kier alpha value is -2.67. The molecule has 0 unspecified atom stereocenters. The maximum atomic E-state index is 12.1. The van der Waals surface area contributed by atoms with Gasteiger partial charge in [-0.25, -0.2) is 5.43 Å². The Morgan fingerprint density at radius 3 is 2.48 bits per heavy atom. The fourth-order valence-corrected chi connectivity index (χ4v) is 3.89. The molecule has 0 aliphatic heterocycles. The van der Waals surface area contributed by atoms with Crippen LogP contribution in [-0.2, 0) is 11.4 Å². The molecule has 0 aliphatic carbocycles. The highest BCUT2D eigenvalue weighted by molar-refractivity contribution is 8.00. The van der Waals surface area contributed by atoms with E-state index in [0.717, 1.165) is 10.5 Å². The summed E-state index contributed by atoms with van der Waals surface area (Å²) in [6.45, 7) is 4.75. The molecule has 3 rings (SSSR count). The molecule has 0 aliphatic rings. The Morgan fingerprint density at radius 1 is 1.06 bits per heavy atom. The number of hydrazone groups is 1. The summed E-state index contributed by atoms with van der Waals surface area (Å²) >= 11 is 13.7. The number of carbonyl (C=O) groups excluding carboxylic acids is 1. The number of carbonyl (C=O) groups is 1. The van der Waals surface area contributed by atoms with Gasteiger partial charge in [-0.15, -0.1) is 11.8 Å². The van der Waals surface area contributed by atoms with Crippen LogP contribution in [0.25, 0.3) is 0 Å². The number of rotatable bonds is 10. The molecule has 0 fully saturated rings. The van der Waals surface area contributed by atoms with Gasteiger partial charge in [0.15, 0.2) is 11.5 Å². The molecule has 3 aromatic carbocycles. The van der Waals surface area contributed by atoms with Crippen molar-refractivity contribution in [2.24, 2.45) is 5.10 Å². The van der Waals surface area contributed by atoms with E-state index in [4.69, 9.17) is 32.7 Å². The summed E-state index contributed by atoms with van der Waals surface area (Å²) in [5.41, 5.74) is 5.41. The van der Waals surface area contributed by atoms with Crippen LogP contribution in [0.5, 0.6) is 11.5 Å². The minimum atomic E-state index is -0.222. The number of hydrogen-bond acceptors (Lipinski definition) is 5. The molecule has 0 atom stereocenters. The van der Waals surface area contributed by atoms with Gasteiger partial charge in [0.2, 0.25) is 5.91 Å². The predicted octanol–water partition coefficient (Wildman–Crippen LogP) is 6.52. The summed E-state index contributed by atoms with van der Waals surface area (Å²) in [6, 6.07) is 18.9. The monoisotopic (exact) mass is 502 g/mol. The van der Waals surface area contributed by atoms with Crippen molar-refractivity contribution in [2.75, 3.05) is 12.4 Å². The van der Waals surface area contributed by atoms with E-state index in [9.17, 15) is 4.79 Å². The maximum absolute atomic E-state index is 12.1. The molecule has 0 radical (unpaired) electrons. The number of amides is 1. The number of benzene rings is 3. The van der Waals surface area contributed by atoms with Crippen molar-refractivity contribution < 1.29 is 14.3 Å². The number of aryl methyl sites for hydroxylation is 1. The van der Waals surface area contributed by atoms with Gasteiger partial charge < -0.3 is 9.47 Å². The lowest BCUT2D eigenvalue weighted by molar-refractivity contribution is -0.118. The van der Waals surface area contributed by atoms with Gasteiger partial charge >= 0.3 is 0 Å². The van der Waals surface area contributed by atoms with Crippen molar-refractivity contribution in [3.63, 3.8) is 0 Å². The van der Waals surface area contributed by atoms with E-state index in [1.165, 1.54) is 23.5 Å². The van der Waals surface area contributed by atoms with Gasteiger partial charge in [0, 0.05) is 9.92 Å². The van der Waals surface area contributed by atoms with Crippen molar-refractivity contribution in [1.29, 1.82) is 0 Å². The van der Waals surface area contributed by atoms with Crippen LogP contribution in [0.3, 0.4) is 0 Å². The molecule has 5 nitrogen and oxygen atoms in total. The first kappa shape index (κ1) is 25.0. The fraction of sp³-hybridized carbons (Fsp3) is 0.200. The molecule has 0 saturated carbocycles. The second kappa shape index (κ2) is 12.5. The second-order valence-corrected chi connectivity index (χ2v) is 8.97. The van der Waals surface area contributed by atoms with E-state index in [2.05, 4.69) is 10.5 Å². The smallest absolute Gasteiger partial charge is 0.250 e. The zero-order valence-corrected chi connectivity index (χ0v) is 20.6. The Morgan fingerprint density at radius 2 is 1.79 bits per heavy atom. The molecule has 33 heavy (non-hydrogen) atoms. The van der Waals surface area contributed by atoms with Crippen molar-refractivity contribution >= 4 is 47.1 Å². The van der Waals surface area contributed by atoms with Crippen molar-refractivity contribution in [1.82, 2.24) is 5.43 Å². The number of thioether (sulfide) groups is 1. The van der Waals surface area contributed by atoms with Gasteiger partial charge in [-0.1, -0.05) is 53.0 Å². The first-order valence-corrected chi connectivity index (χ1v) is 12.0. The first-order chi connectivity index (χ1) is 15.9. The molecular weight excluding hydrogens is 479 g/mol. The minimum Gasteiger partial charge on any atom is -0.490 e. The van der Waals surface area contributed by atoms with Crippen LogP contribution < -0.4 is 14.9 Å². The van der Waals surface area contributed by atoms with Crippen molar-refractivity contribution in [3.8, 4) is 11.5 Å². The highest BCUT2D eigenvalue weighted by Crippen LogP contribution is 2.37. The fourth-order valence-electron chi connectivity index (χ4n) is 2.80. The quantitative estimate of drug-likeness (QED) is 0.194. The highest BCUT2D eigenvalue weighted by atomic mass is 35.5. The van der Waals surface area contributed by atoms with E-state index in [-0.39, 0.29) is 11.7 Å². The molecule has 0 saturated heterocycles. The van der Waals surface area contributed by atoms with E-state index in [0.29, 0.717) is 40.3 Å². The third kappa shape index (κ3) is 8.00. The summed E-state index contributed by atoms with van der Waals surface area (Å²) in [5.74, 6) is 0.999. The molecule has 172 valence electrons. The van der Waals surface area contributed by atoms with E-state index < -0.39 is 0 Å². The van der Waals surface area contributed by atoms with Gasteiger partial charge in [0.25, 0.3) is 0 Å². The molecule has 0 aromatic heterocycles. The summed E-state index contributed by atoms with van der Waals surface area (Å²) in [6.07, 6.45) is 1.52. The lowest BCUT2D eigenvalue weighted by Gasteiger charge is -2.14. The average Bonchev–Trinajstić information content (AvgIpc) is 2.79.